The number of hydrogen-bond donors (Lipinski definition) is 3. The van der Waals surface area contributed by atoms with Crippen LogP contribution in [0, 0.1) is 21.4 Å². The van der Waals surface area contributed by atoms with Gasteiger partial charge in [-0.05, 0) is 111 Å². The highest BCUT2D eigenvalue weighted by Crippen LogP contribution is 2.53. The number of nitrogens with zero attached hydrogens (tertiary/aromatic N) is 5. The van der Waals surface area contributed by atoms with Crippen LogP contribution >= 0.6 is 0 Å². The van der Waals surface area contributed by atoms with Crippen molar-refractivity contribution < 1.29 is 37.5 Å². The van der Waals surface area contributed by atoms with Gasteiger partial charge in [0.25, 0.3) is 21.8 Å². The lowest BCUT2D eigenvalue weighted by Crippen LogP contribution is -2.58. The summed E-state index contributed by atoms with van der Waals surface area (Å²) >= 11 is 0. The number of carbonyl (C=O) groups is 1. The Bertz CT molecular complexity index is 2660. The van der Waals surface area contributed by atoms with Crippen molar-refractivity contribution in [2.75, 3.05) is 44.4 Å². The molecule has 0 bridgehead atoms. The van der Waals surface area contributed by atoms with Crippen molar-refractivity contribution in [3.8, 4) is 17.4 Å². The Kier molecular flexibility index (Phi) is 12.3. The number of aromatic amines is 1. The second-order valence-corrected chi connectivity index (χ2v) is 20.7. The zero-order chi connectivity index (χ0) is 45.5. The second kappa shape index (κ2) is 18.0. The van der Waals surface area contributed by atoms with Crippen molar-refractivity contribution in [3.63, 3.8) is 0 Å². The van der Waals surface area contributed by atoms with Crippen LogP contribution in [0.1, 0.15) is 106 Å². The van der Waals surface area contributed by atoms with Crippen LogP contribution in [-0.4, -0.2) is 95.3 Å². The number of benzene rings is 2. The summed E-state index contributed by atoms with van der Waals surface area (Å²) in [6.45, 7) is 10.4. The fraction of sp³-hybridized carbons (Fsp3) is 0.479. The molecule has 1 atom stereocenters. The molecule has 0 unspecified atom stereocenters. The molecule has 16 nitrogen and oxygen atoms in total. The molecule has 2 saturated heterocycles. The molecule has 4 aliphatic rings. The number of rotatable bonds is 13. The van der Waals surface area contributed by atoms with Crippen molar-refractivity contribution in [1.82, 2.24) is 24.6 Å². The third kappa shape index (κ3) is 9.55. The number of nitrogens with one attached hydrogen (secondary N) is 2. The van der Waals surface area contributed by atoms with Gasteiger partial charge in [-0.15, -0.1) is 0 Å². The monoisotopic (exact) mass is 907 g/mol. The summed E-state index contributed by atoms with van der Waals surface area (Å²) in [5, 5.41) is 23.1. The molecule has 5 heterocycles. The summed E-state index contributed by atoms with van der Waals surface area (Å²) < 4.78 is 47.5. The van der Waals surface area contributed by atoms with Gasteiger partial charge in [0.05, 0.1) is 54.3 Å². The van der Waals surface area contributed by atoms with Gasteiger partial charge in [-0.25, -0.2) is 23.1 Å². The molecular weight excluding hydrogens is 851 g/mol. The molecule has 17 heteroatoms. The Morgan fingerprint density at radius 2 is 1.80 bits per heavy atom. The Hall–Kier alpha value is -5.62. The maximum absolute atomic E-state index is 14.0. The molecule has 2 aromatic carbocycles. The molecule has 0 radical (unpaired) electrons. The Labute approximate surface area is 378 Å². The van der Waals surface area contributed by atoms with Crippen molar-refractivity contribution in [1.29, 1.82) is 0 Å². The SMILES string of the molecule is CC(C)c1ccccc1[C@@H]1COCCN1C1CC2(CCN(c3ccc(C(=O)NS(=O)(=O)c4cnc(OC[C@H]5CC[C@](C)(O)CC5)c([N+](=O)[O-])c4)c(Oc4cnc5[nH]ccc5c4)c3)CC2)C1. The average molecular weight is 908 g/mol. The van der Waals surface area contributed by atoms with Crippen molar-refractivity contribution in [3.05, 3.63) is 106 Å². The summed E-state index contributed by atoms with van der Waals surface area (Å²) in [6.07, 6.45) is 11.0. The van der Waals surface area contributed by atoms with Gasteiger partial charge in [-0.1, -0.05) is 38.1 Å². The van der Waals surface area contributed by atoms with Crippen molar-refractivity contribution in [2.24, 2.45) is 11.3 Å². The van der Waals surface area contributed by atoms with Crippen LogP contribution in [0.2, 0.25) is 0 Å². The maximum atomic E-state index is 14.0. The van der Waals surface area contributed by atoms with E-state index in [0.29, 0.717) is 55.6 Å². The minimum Gasteiger partial charge on any atom is -0.473 e. The van der Waals surface area contributed by atoms with E-state index in [9.17, 15) is 28.4 Å². The third-order valence-electron chi connectivity index (χ3n) is 14.1. The van der Waals surface area contributed by atoms with Crippen LogP contribution in [0.15, 0.2) is 84.1 Å². The molecular formula is C48H57N7O9S. The number of carbonyl (C=O) groups excluding carboxylic acids is 1. The lowest BCUT2D eigenvalue weighted by molar-refractivity contribution is -0.386. The van der Waals surface area contributed by atoms with Crippen LogP contribution < -0.4 is 19.1 Å². The Morgan fingerprint density at radius 1 is 1.03 bits per heavy atom. The molecule has 1 spiro atoms. The Morgan fingerprint density at radius 3 is 2.55 bits per heavy atom. The third-order valence-corrected chi connectivity index (χ3v) is 15.4. The highest BCUT2D eigenvalue weighted by molar-refractivity contribution is 7.90. The number of hydrogen-bond acceptors (Lipinski definition) is 13. The van der Waals surface area contributed by atoms with Crippen molar-refractivity contribution >= 4 is 38.3 Å². The van der Waals surface area contributed by atoms with Crippen LogP contribution in [-0.2, 0) is 14.8 Å². The number of fused-ring (bicyclic) bond motifs is 1. The molecule has 2 aliphatic carbocycles. The number of sulfonamides is 1. The first-order valence-corrected chi connectivity index (χ1v) is 24.1. The Balaban J connectivity index is 0.898. The van der Waals surface area contributed by atoms with Gasteiger partial charge in [-0.2, -0.15) is 0 Å². The number of aromatic nitrogens is 3. The number of pyridine rings is 2. The first-order chi connectivity index (χ1) is 31.2. The van der Waals surface area contributed by atoms with E-state index in [1.165, 1.54) is 23.4 Å². The van der Waals surface area contributed by atoms with Crippen LogP contribution in [0.5, 0.6) is 17.4 Å². The molecule has 1 amide bonds. The molecule has 344 valence electrons. The summed E-state index contributed by atoms with van der Waals surface area (Å²) in [7, 11) is -4.66. The van der Waals surface area contributed by atoms with Gasteiger partial charge in [0.1, 0.15) is 22.0 Å². The highest BCUT2D eigenvalue weighted by Gasteiger charge is 2.50. The largest absolute Gasteiger partial charge is 0.473 e. The lowest BCUT2D eigenvalue weighted by atomic mass is 9.59. The molecule has 4 fully saturated rings. The van der Waals surface area contributed by atoms with E-state index in [-0.39, 0.29) is 41.2 Å². The predicted molar refractivity (Wildman–Crippen MR) is 244 cm³/mol. The van der Waals surface area contributed by atoms with Gasteiger partial charge >= 0.3 is 5.69 Å². The first-order valence-electron chi connectivity index (χ1n) is 22.6. The number of H-pyrrole nitrogens is 1. The van der Waals surface area contributed by atoms with E-state index in [1.807, 2.05) is 6.07 Å². The van der Waals surface area contributed by atoms with Gasteiger partial charge in [0, 0.05) is 55.1 Å². The number of amides is 1. The molecule has 65 heavy (non-hydrogen) atoms. The number of aliphatic hydroxyl groups is 1. The standard InChI is InChI=1S/C48H57N7O9S/c1-31(2)38-6-4-5-7-39(38)42-30-62-21-20-54(42)35-25-48(26-35)15-18-53(19-16-48)34-8-9-40(43(23-34)64-36-22-33-12-17-49-44(33)50-27-36)45(56)52-65(60,61)37-24-41(55(58)59)46(51-28-37)63-29-32-10-13-47(3,57)14-11-32/h4-9,12,17,22-24,27-28,31-32,35,42,57H,10-11,13-16,18-21,25-26,29-30H2,1-3H3,(H,49,50)(H,52,56)/t32-,42-,47-/m0/s1. The fourth-order valence-electron chi connectivity index (χ4n) is 10.3. The van der Waals surface area contributed by atoms with Gasteiger partial charge in [0.15, 0.2) is 0 Å². The smallest absolute Gasteiger partial charge is 0.332 e. The quantitative estimate of drug-likeness (QED) is 0.0758. The average Bonchev–Trinajstić information content (AvgIpc) is 3.76. The summed E-state index contributed by atoms with van der Waals surface area (Å²) in [4.78, 5) is 41.1. The summed E-state index contributed by atoms with van der Waals surface area (Å²) in [5.74, 6) is -0.373. The van der Waals surface area contributed by atoms with Crippen LogP contribution in [0.4, 0.5) is 11.4 Å². The van der Waals surface area contributed by atoms with Crippen molar-refractivity contribution in [2.45, 2.75) is 101 Å². The zero-order valence-corrected chi connectivity index (χ0v) is 37.9. The van der Waals surface area contributed by atoms with E-state index in [4.69, 9.17) is 14.2 Å². The number of morpholine rings is 1. The number of piperidine rings is 1. The lowest BCUT2D eigenvalue weighted by Gasteiger charge is -2.57. The zero-order valence-electron chi connectivity index (χ0n) is 37.1. The van der Waals surface area contributed by atoms with Gasteiger partial charge in [-0.3, -0.25) is 19.8 Å². The number of anilines is 1. The van der Waals surface area contributed by atoms with Crippen LogP contribution in [0.3, 0.4) is 0 Å². The van der Waals surface area contributed by atoms with E-state index in [1.54, 1.807) is 31.3 Å². The molecule has 2 saturated carbocycles. The van der Waals surface area contributed by atoms with E-state index >= 15 is 0 Å². The molecule has 9 rings (SSSR count). The van der Waals surface area contributed by atoms with Gasteiger partial charge in [0.2, 0.25) is 0 Å². The fourth-order valence-corrected chi connectivity index (χ4v) is 11.2. The number of ether oxygens (including phenoxy) is 3. The molecule has 3 N–H and O–H groups in total. The normalized spacial score (nSPS) is 22.8. The highest BCUT2D eigenvalue weighted by atomic mass is 32.2. The number of nitro groups is 1. The first kappa shape index (κ1) is 44.6. The summed E-state index contributed by atoms with van der Waals surface area (Å²) in [6, 6.07) is 19.0. The van der Waals surface area contributed by atoms with E-state index < -0.39 is 37.0 Å². The molecule has 2 aliphatic heterocycles. The van der Waals surface area contributed by atoms with E-state index in [0.717, 1.165) is 75.3 Å². The summed E-state index contributed by atoms with van der Waals surface area (Å²) in [5.41, 5.74) is 3.02. The topological polar surface area (TPSA) is 202 Å². The molecule has 3 aromatic heterocycles. The molecule has 5 aromatic rings. The predicted octanol–water partition coefficient (Wildman–Crippen LogP) is 8.04. The maximum Gasteiger partial charge on any atom is 0.332 e. The minimum atomic E-state index is -4.66. The van der Waals surface area contributed by atoms with E-state index in [2.05, 4.69) is 67.6 Å². The second-order valence-electron chi connectivity index (χ2n) is 19.0. The van der Waals surface area contributed by atoms with Gasteiger partial charge < -0.3 is 29.2 Å². The van der Waals surface area contributed by atoms with Crippen LogP contribution in [0.25, 0.3) is 11.0 Å². The minimum absolute atomic E-state index is 0.0535.